The highest BCUT2D eigenvalue weighted by Gasteiger charge is 2.12. The Morgan fingerprint density at radius 3 is 2.37 bits per heavy atom. The van der Waals surface area contributed by atoms with E-state index in [1.54, 1.807) is 23.5 Å². The maximum atomic E-state index is 11.4. The third-order valence-electron chi connectivity index (χ3n) is 3.04. The standard InChI is InChI=1S/C14H17NO2S2/c1-15-14(10-12-4-3-9-18-12)11-5-7-13(8-6-11)19(2,16)17/h3-9,14-15H,10H2,1-2H3. The van der Waals surface area contributed by atoms with Crippen molar-refractivity contribution in [2.75, 3.05) is 13.3 Å². The number of hydrogen-bond donors (Lipinski definition) is 1. The SMILES string of the molecule is CNC(Cc1cccs1)c1ccc(S(C)(=O)=O)cc1. The molecule has 0 spiro atoms. The van der Waals surface area contributed by atoms with Crippen LogP contribution in [-0.2, 0) is 16.3 Å². The summed E-state index contributed by atoms with van der Waals surface area (Å²) in [5.74, 6) is 0. The third-order valence-corrected chi connectivity index (χ3v) is 5.07. The molecule has 2 aromatic rings. The number of hydrogen-bond acceptors (Lipinski definition) is 4. The van der Waals surface area contributed by atoms with E-state index in [1.807, 2.05) is 25.2 Å². The second-order valence-corrected chi connectivity index (χ2v) is 7.51. The molecule has 1 atom stereocenters. The molecule has 0 amide bonds. The molecule has 1 unspecified atom stereocenters. The van der Waals surface area contributed by atoms with E-state index in [4.69, 9.17) is 0 Å². The Morgan fingerprint density at radius 2 is 1.89 bits per heavy atom. The van der Waals surface area contributed by atoms with Gasteiger partial charge in [-0.05, 0) is 36.2 Å². The van der Waals surface area contributed by atoms with E-state index in [2.05, 4.69) is 16.8 Å². The average Bonchev–Trinajstić information content (AvgIpc) is 2.88. The Hall–Kier alpha value is -1.17. The first kappa shape index (κ1) is 14.2. The van der Waals surface area contributed by atoms with Crippen LogP contribution in [0, 0.1) is 0 Å². The van der Waals surface area contributed by atoms with Crippen LogP contribution in [0.5, 0.6) is 0 Å². The lowest BCUT2D eigenvalue weighted by molar-refractivity contribution is 0.593. The Kier molecular flexibility index (Phi) is 4.39. The van der Waals surface area contributed by atoms with Gasteiger partial charge in [0.25, 0.3) is 0 Å². The van der Waals surface area contributed by atoms with Gasteiger partial charge in [0.2, 0.25) is 0 Å². The van der Waals surface area contributed by atoms with Crippen molar-refractivity contribution in [1.82, 2.24) is 5.32 Å². The van der Waals surface area contributed by atoms with Crippen molar-refractivity contribution in [2.24, 2.45) is 0 Å². The molecule has 1 N–H and O–H groups in total. The Labute approximate surface area is 118 Å². The number of benzene rings is 1. The van der Waals surface area contributed by atoms with Gasteiger partial charge in [0.1, 0.15) is 0 Å². The summed E-state index contributed by atoms with van der Waals surface area (Å²) in [4.78, 5) is 1.67. The molecule has 0 fully saturated rings. The normalized spacial score (nSPS) is 13.4. The summed E-state index contributed by atoms with van der Waals surface area (Å²) in [5.41, 5.74) is 1.10. The highest BCUT2D eigenvalue weighted by molar-refractivity contribution is 7.90. The van der Waals surface area contributed by atoms with Crippen LogP contribution in [-0.4, -0.2) is 21.7 Å². The largest absolute Gasteiger partial charge is 0.313 e. The van der Waals surface area contributed by atoms with Crippen molar-refractivity contribution in [3.05, 3.63) is 52.2 Å². The van der Waals surface area contributed by atoms with Gasteiger partial charge in [-0.2, -0.15) is 0 Å². The van der Waals surface area contributed by atoms with Gasteiger partial charge in [-0.15, -0.1) is 11.3 Å². The molecule has 0 saturated carbocycles. The van der Waals surface area contributed by atoms with E-state index in [0.29, 0.717) is 4.90 Å². The molecule has 0 aliphatic carbocycles. The lowest BCUT2D eigenvalue weighted by atomic mass is 10.0. The van der Waals surface area contributed by atoms with E-state index >= 15 is 0 Å². The molecular formula is C14H17NO2S2. The zero-order valence-electron chi connectivity index (χ0n) is 11.0. The molecule has 2 rings (SSSR count). The molecule has 0 radical (unpaired) electrons. The molecule has 0 aliphatic rings. The highest BCUT2D eigenvalue weighted by Crippen LogP contribution is 2.22. The van der Waals surface area contributed by atoms with Crippen LogP contribution in [0.2, 0.25) is 0 Å². The number of nitrogens with one attached hydrogen (secondary N) is 1. The molecule has 19 heavy (non-hydrogen) atoms. The molecule has 3 nitrogen and oxygen atoms in total. The fourth-order valence-corrected chi connectivity index (χ4v) is 3.35. The maximum Gasteiger partial charge on any atom is 0.175 e. The zero-order chi connectivity index (χ0) is 13.9. The minimum Gasteiger partial charge on any atom is -0.313 e. The first-order valence-electron chi connectivity index (χ1n) is 6.00. The molecule has 0 saturated heterocycles. The predicted octanol–water partition coefficient (Wildman–Crippen LogP) is 2.65. The Balaban J connectivity index is 2.20. The first-order chi connectivity index (χ1) is 9.00. The summed E-state index contributed by atoms with van der Waals surface area (Å²) < 4.78 is 22.9. The maximum absolute atomic E-state index is 11.4. The number of rotatable bonds is 5. The third kappa shape index (κ3) is 3.65. The number of sulfone groups is 1. The van der Waals surface area contributed by atoms with Crippen LogP contribution in [0.3, 0.4) is 0 Å². The molecule has 102 valence electrons. The molecule has 5 heteroatoms. The first-order valence-corrected chi connectivity index (χ1v) is 8.77. The molecule has 0 bridgehead atoms. The molecule has 1 aromatic heterocycles. The van der Waals surface area contributed by atoms with Crippen LogP contribution in [0.15, 0.2) is 46.7 Å². The lowest BCUT2D eigenvalue weighted by Gasteiger charge is -2.16. The van der Waals surface area contributed by atoms with Gasteiger partial charge in [0, 0.05) is 23.6 Å². The minimum atomic E-state index is -3.12. The van der Waals surface area contributed by atoms with Crippen LogP contribution >= 0.6 is 11.3 Å². The van der Waals surface area contributed by atoms with E-state index < -0.39 is 9.84 Å². The average molecular weight is 295 g/mol. The molecule has 1 heterocycles. The van der Waals surface area contributed by atoms with Gasteiger partial charge in [-0.1, -0.05) is 18.2 Å². The summed E-state index contributed by atoms with van der Waals surface area (Å²) in [7, 11) is -1.20. The second-order valence-electron chi connectivity index (χ2n) is 4.47. The van der Waals surface area contributed by atoms with Gasteiger partial charge in [0.05, 0.1) is 4.90 Å². The van der Waals surface area contributed by atoms with Gasteiger partial charge in [-0.25, -0.2) is 8.42 Å². The molecular weight excluding hydrogens is 278 g/mol. The second kappa shape index (κ2) is 5.86. The van der Waals surface area contributed by atoms with Crippen molar-refractivity contribution < 1.29 is 8.42 Å². The van der Waals surface area contributed by atoms with E-state index in [-0.39, 0.29) is 6.04 Å². The van der Waals surface area contributed by atoms with Crippen LogP contribution in [0.25, 0.3) is 0 Å². The van der Waals surface area contributed by atoms with Crippen molar-refractivity contribution in [3.8, 4) is 0 Å². The molecule has 0 aliphatic heterocycles. The van der Waals surface area contributed by atoms with Crippen molar-refractivity contribution >= 4 is 21.2 Å². The Bertz CT molecular complexity index is 616. The van der Waals surface area contributed by atoms with Crippen molar-refractivity contribution in [2.45, 2.75) is 17.4 Å². The summed E-state index contributed by atoms with van der Waals surface area (Å²) in [5, 5.41) is 5.34. The topological polar surface area (TPSA) is 46.2 Å². The minimum absolute atomic E-state index is 0.201. The van der Waals surface area contributed by atoms with Gasteiger partial charge < -0.3 is 5.32 Å². The number of thiophene rings is 1. The zero-order valence-corrected chi connectivity index (χ0v) is 12.6. The monoisotopic (exact) mass is 295 g/mol. The predicted molar refractivity (Wildman–Crippen MR) is 79.4 cm³/mol. The summed E-state index contributed by atoms with van der Waals surface area (Å²) in [6.07, 6.45) is 2.13. The Morgan fingerprint density at radius 1 is 1.21 bits per heavy atom. The van der Waals surface area contributed by atoms with Gasteiger partial charge in [-0.3, -0.25) is 0 Å². The molecule has 1 aromatic carbocycles. The van der Waals surface area contributed by atoms with Crippen LogP contribution in [0.4, 0.5) is 0 Å². The fraction of sp³-hybridized carbons (Fsp3) is 0.286. The summed E-state index contributed by atoms with van der Waals surface area (Å²) >= 11 is 1.73. The fourth-order valence-electron chi connectivity index (χ4n) is 1.96. The van der Waals surface area contributed by atoms with Gasteiger partial charge >= 0.3 is 0 Å². The highest BCUT2D eigenvalue weighted by atomic mass is 32.2. The summed E-state index contributed by atoms with van der Waals surface area (Å²) in [6, 6.07) is 11.5. The van der Waals surface area contributed by atoms with Crippen molar-refractivity contribution in [3.63, 3.8) is 0 Å². The van der Waals surface area contributed by atoms with E-state index in [0.717, 1.165) is 12.0 Å². The van der Waals surface area contributed by atoms with Crippen LogP contribution in [0.1, 0.15) is 16.5 Å². The summed E-state index contributed by atoms with van der Waals surface area (Å²) in [6.45, 7) is 0. The lowest BCUT2D eigenvalue weighted by Crippen LogP contribution is -2.18. The van der Waals surface area contributed by atoms with E-state index in [1.165, 1.54) is 11.1 Å². The smallest absolute Gasteiger partial charge is 0.175 e. The number of likely N-dealkylation sites (N-methyl/N-ethyl adjacent to an activating group) is 1. The quantitative estimate of drug-likeness (QED) is 0.922. The van der Waals surface area contributed by atoms with E-state index in [9.17, 15) is 8.42 Å². The van der Waals surface area contributed by atoms with Gasteiger partial charge in [0.15, 0.2) is 9.84 Å². The van der Waals surface area contributed by atoms with Crippen molar-refractivity contribution in [1.29, 1.82) is 0 Å². The van der Waals surface area contributed by atoms with Crippen LogP contribution < -0.4 is 5.32 Å².